The summed E-state index contributed by atoms with van der Waals surface area (Å²) < 4.78 is 0. The fourth-order valence-electron chi connectivity index (χ4n) is 3.66. The van der Waals surface area contributed by atoms with E-state index in [4.69, 9.17) is 0 Å². The predicted molar refractivity (Wildman–Crippen MR) is 80.0 cm³/mol. The van der Waals surface area contributed by atoms with Crippen LogP contribution >= 0.6 is 0 Å². The fourth-order valence-corrected chi connectivity index (χ4v) is 3.66. The smallest absolute Gasteiger partial charge is 0.226 e. The van der Waals surface area contributed by atoms with Crippen LogP contribution in [0.2, 0.25) is 0 Å². The van der Waals surface area contributed by atoms with Gasteiger partial charge >= 0.3 is 0 Å². The van der Waals surface area contributed by atoms with E-state index in [1.54, 1.807) is 0 Å². The van der Waals surface area contributed by atoms with Crippen molar-refractivity contribution in [2.75, 3.05) is 24.5 Å². The monoisotopic (exact) mass is 273 g/mol. The molecular weight excluding hydrogens is 250 g/mol. The summed E-state index contributed by atoms with van der Waals surface area (Å²) in [7, 11) is 0. The standard InChI is InChI=1S/C16H23N3O/c1-11-10-18-13(3)12(2)14(11)19-8-5-16(6-9-19)4-7-17-15(16)20/h10H,4-9H2,1-3H3,(H,17,20). The molecule has 1 aromatic heterocycles. The van der Waals surface area contributed by atoms with Gasteiger partial charge in [-0.15, -0.1) is 0 Å². The number of carbonyl (C=O) groups excluding carboxylic acids is 1. The molecule has 1 amide bonds. The van der Waals surface area contributed by atoms with E-state index in [9.17, 15) is 4.79 Å². The largest absolute Gasteiger partial charge is 0.371 e. The second-order valence-electron chi connectivity index (χ2n) is 6.27. The Bertz CT molecular complexity index is 545. The minimum Gasteiger partial charge on any atom is -0.371 e. The first-order valence-electron chi connectivity index (χ1n) is 7.49. The zero-order chi connectivity index (χ0) is 14.3. The van der Waals surface area contributed by atoms with Crippen LogP contribution in [0.15, 0.2) is 6.20 Å². The molecule has 0 aliphatic carbocycles. The number of nitrogens with one attached hydrogen (secondary N) is 1. The van der Waals surface area contributed by atoms with Crippen LogP contribution in [0.5, 0.6) is 0 Å². The highest BCUT2D eigenvalue weighted by Crippen LogP contribution is 2.40. The first kappa shape index (κ1) is 13.4. The number of piperidine rings is 1. The average molecular weight is 273 g/mol. The maximum Gasteiger partial charge on any atom is 0.226 e. The molecule has 0 saturated carbocycles. The third kappa shape index (κ3) is 1.98. The quantitative estimate of drug-likeness (QED) is 0.852. The summed E-state index contributed by atoms with van der Waals surface area (Å²) in [6.07, 6.45) is 4.91. The average Bonchev–Trinajstić information content (AvgIpc) is 2.78. The Kier molecular flexibility index (Phi) is 3.19. The van der Waals surface area contributed by atoms with E-state index < -0.39 is 0 Å². The van der Waals surface area contributed by atoms with Crippen LogP contribution in [0, 0.1) is 26.2 Å². The molecule has 2 saturated heterocycles. The Labute approximate surface area is 120 Å². The van der Waals surface area contributed by atoms with Gasteiger partial charge in [0.25, 0.3) is 0 Å². The Morgan fingerprint density at radius 2 is 1.90 bits per heavy atom. The van der Waals surface area contributed by atoms with Gasteiger partial charge in [0.2, 0.25) is 5.91 Å². The van der Waals surface area contributed by atoms with Crippen LogP contribution in [0.4, 0.5) is 5.69 Å². The van der Waals surface area contributed by atoms with Crippen molar-refractivity contribution in [3.8, 4) is 0 Å². The summed E-state index contributed by atoms with van der Waals surface area (Å²) in [6.45, 7) is 9.13. The van der Waals surface area contributed by atoms with Crippen molar-refractivity contribution in [1.82, 2.24) is 10.3 Å². The van der Waals surface area contributed by atoms with Crippen molar-refractivity contribution in [1.29, 1.82) is 0 Å². The van der Waals surface area contributed by atoms with Gasteiger partial charge in [0.15, 0.2) is 0 Å². The summed E-state index contributed by atoms with van der Waals surface area (Å²) in [5.74, 6) is 0.275. The normalized spacial score (nSPS) is 21.4. The molecule has 3 rings (SSSR count). The van der Waals surface area contributed by atoms with Crippen molar-refractivity contribution >= 4 is 11.6 Å². The number of aromatic nitrogens is 1. The van der Waals surface area contributed by atoms with E-state index in [-0.39, 0.29) is 11.3 Å². The number of nitrogens with zero attached hydrogens (tertiary/aromatic N) is 2. The Morgan fingerprint density at radius 1 is 1.20 bits per heavy atom. The molecule has 0 aromatic carbocycles. The first-order chi connectivity index (χ1) is 9.53. The number of rotatable bonds is 1. The molecule has 20 heavy (non-hydrogen) atoms. The van der Waals surface area contributed by atoms with E-state index in [1.165, 1.54) is 16.8 Å². The molecule has 2 aliphatic rings. The van der Waals surface area contributed by atoms with Crippen LogP contribution in [0.3, 0.4) is 0 Å². The van der Waals surface area contributed by atoms with Crippen molar-refractivity contribution in [2.45, 2.75) is 40.0 Å². The fraction of sp³-hybridized carbons (Fsp3) is 0.625. The van der Waals surface area contributed by atoms with Crippen LogP contribution in [0.25, 0.3) is 0 Å². The molecule has 0 atom stereocenters. The molecule has 4 heteroatoms. The van der Waals surface area contributed by atoms with Crippen molar-refractivity contribution in [3.63, 3.8) is 0 Å². The molecule has 0 bridgehead atoms. The number of amides is 1. The highest BCUT2D eigenvalue weighted by atomic mass is 16.2. The lowest BCUT2D eigenvalue weighted by Crippen LogP contribution is -2.44. The molecule has 1 spiro atoms. The lowest BCUT2D eigenvalue weighted by Gasteiger charge is -2.39. The van der Waals surface area contributed by atoms with Crippen molar-refractivity contribution < 1.29 is 4.79 Å². The molecule has 4 nitrogen and oxygen atoms in total. The predicted octanol–water partition coefficient (Wildman–Crippen LogP) is 2.11. The van der Waals surface area contributed by atoms with E-state index in [0.717, 1.165) is 44.6 Å². The van der Waals surface area contributed by atoms with Crippen LogP contribution < -0.4 is 10.2 Å². The van der Waals surface area contributed by atoms with Gasteiger partial charge in [0, 0.05) is 37.2 Å². The topological polar surface area (TPSA) is 45.2 Å². The van der Waals surface area contributed by atoms with Gasteiger partial charge in [-0.05, 0) is 51.2 Å². The Morgan fingerprint density at radius 3 is 2.50 bits per heavy atom. The molecule has 2 fully saturated rings. The van der Waals surface area contributed by atoms with E-state index in [0.29, 0.717) is 0 Å². The zero-order valence-corrected chi connectivity index (χ0v) is 12.6. The van der Waals surface area contributed by atoms with Crippen LogP contribution in [0.1, 0.15) is 36.1 Å². The number of anilines is 1. The van der Waals surface area contributed by atoms with E-state index in [1.807, 2.05) is 6.20 Å². The van der Waals surface area contributed by atoms with Crippen LogP contribution in [-0.2, 0) is 4.79 Å². The molecule has 108 valence electrons. The Hall–Kier alpha value is -1.58. The zero-order valence-electron chi connectivity index (χ0n) is 12.6. The summed E-state index contributed by atoms with van der Waals surface area (Å²) in [5.41, 5.74) is 4.85. The first-order valence-corrected chi connectivity index (χ1v) is 7.49. The SMILES string of the molecule is Cc1cnc(C)c(C)c1N1CCC2(CCNC2=O)CC1. The maximum atomic E-state index is 12.0. The second-order valence-corrected chi connectivity index (χ2v) is 6.27. The molecular formula is C16H23N3O. The number of pyridine rings is 1. The molecule has 0 unspecified atom stereocenters. The number of carbonyl (C=O) groups is 1. The third-order valence-corrected chi connectivity index (χ3v) is 5.13. The molecule has 3 heterocycles. The van der Waals surface area contributed by atoms with E-state index >= 15 is 0 Å². The van der Waals surface area contributed by atoms with E-state index in [2.05, 4.69) is 36.0 Å². The minimum absolute atomic E-state index is 0.0830. The third-order valence-electron chi connectivity index (χ3n) is 5.13. The highest BCUT2D eigenvalue weighted by Gasteiger charge is 2.44. The highest BCUT2D eigenvalue weighted by molar-refractivity contribution is 5.85. The number of aryl methyl sites for hydroxylation is 2. The van der Waals surface area contributed by atoms with Gasteiger partial charge in [-0.1, -0.05) is 0 Å². The van der Waals surface area contributed by atoms with Gasteiger partial charge in [0.1, 0.15) is 0 Å². The van der Waals surface area contributed by atoms with Gasteiger partial charge in [0.05, 0.1) is 5.41 Å². The van der Waals surface area contributed by atoms with Crippen LogP contribution in [-0.4, -0.2) is 30.5 Å². The lowest BCUT2D eigenvalue weighted by molar-refractivity contribution is -0.128. The Balaban J connectivity index is 1.82. The molecule has 1 N–H and O–H groups in total. The summed E-state index contributed by atoms with van der Waals surface area (Å²) in [5, 5.41) is 3.00. The lowest BCUT2D eigenvalue weighted by atomic mass is 9.77. The van der Waals surface area contributed by atoms with Gasteiger partial charge < -0.3 is 10.2 Å². The van der Waals surface area contributed by atoms with Gasteiger partial charge in [-0.3, -0.25) is 9.78 Å². The van der Waals surface area contributed by atoms with Crippen molar-refractivity contribution in [2.24, 2.45) is 5.41 Å². The number of hydrogen-bond donors (Lipinski definition) is 1. The summed E-state index contributed by atoms with van der Waals surface area (Å²) >= 11 is 0. The maximum absolute atomic E-state index is 12.0. The minimum atomic E-state index is -0.0830. The second kappa shape index (κ2) is 4.76. The molecule has 2 aliphatic heterocycles. The van der Waals surface area contributed by atoms with Gasteiger partial charge in [-0.2, -0.15) is 0 Å². The van der Waals surface area contributed by atoms with Crippen molar-refractivity contribution in [3.05, 3.63) is 23.0 Å². The summed E-state index contributed by atoms with van der Waals surface area (Å²) in [4.78, 5) is 18.9. The number of hydrogen-bond acceptors (Lipinski definition) is 3. The molecule has 1 aromatic rings. The van der Waals surface area contributed by atoms with Gasteiger partial charge in [-0.25, -0.2) is 0 Å². The summed E-state index contributed by atoms with van der Waals surface area (Å²) in [6, 6.07) is 0. The molecule has 0 radical (unpaired) electrons.